The van der Waals surface area contributed by atoms with Gasteiger partial charge in [0.05, 0.1) is 0 Å². The van der Waals surface area contributed by atoms with Crippen LogP contribution in [0.2, 0.25) is 0 Å². The Morgan fingerprint density at radius 2 is 1.21 bits per heavy atom. The molecule has 17 heteroatoms. The van der Waals surface area contributed by atoms with Crippen LogP contribution in [0.25, 0.3) is 0 Å². The largest absolute Gasteiger partial charge is 0.455 e. The van der Waals surface area contributed by atoms with E-state index in [9.17, 15) is 70.7 Å². The number of fused-ring (bicyclic) bond motifs is 2. The molecule has 2 bridgehead atoms. The highest BCUT2D eigenvalue weighted by Gasteiger charge is 3.13. The van der Waals surface area contributed by atoms with E-state index in [0.29, 0.717) is 0 Å². The Bertz CT molecular complexity index is 899. The number of carbonyl (C=O) groups excluding carboxylic acids is 1. The predicted molar refractivity (Wildman–Crippen MR) is 78.6 cm³/mol. The van der Waals surface area contributed by atoms with E-state index >= 15 is 0 Å². The molecule has 0 aromatic rings. The third-order valence-corrected chi connectivity index (χ3v) is 7.05. The fourth-order valence-corrected chi connectivity index (χ4v) is 4.85. The molecule has 3 rings (SSSR count). The molecule has 2 nitrogen and oxygen atoms in total. The van der Waals surface area contributed by atoms with Crippen molar-refractivity contribution in [3.63, 3.8) is 0 Å². The number of hydrogen-bond acceptors (Lipinski definition) is 2. The van der Waals surface area contributed by atoms with Crippen molar-refractivity contribution in [2.24, 2.45) is 11.8 Å². The molecule has 3 aliphatic rings. The molecule has 6 atom stereocenters. The summed E-state index contributed by atoms with van der Waals surface area (Å²) in [5, 5.41) is 0. The van der Waals surface area contributed by atoms with Crippen molar-refractivity contribution < 1.29 is 75.4 Å². The minimum atomic E-state index is -7.10. The monoisotopic (exact) mass is 534 g/mol. The number of carbonyl (C=O) groups is 1. The molecule has 3 saturated carbocycles. The first-order valence-corrected chi connectivity index (χ1v) is 9.35. The Balaban J connectivity index is 2.10. The van der Waals surface area contributed by atoms with Crippen LogP contribution in [-0.2, 0) is 9.53 Å². The van der Waals surface area contributed by atoms with Gasteiger partial charge >= 0.3 is 41.3 Å². The van der Waals surface area contributed by atoms with Crippen molar-refractivity contribution in [2.45, 2.75) is 85.3 Å². The number of halogens is 15. The molecular formula is C17H13F15O2. The van der Waals surface area contributed by atoms with Gasteiger partial charge in [-0.1, -0.05) is 6.92 Å². The van der Waals surface area contributed by atoms with Crippen LogP contribution in [0.15, 0.2) is 0 Å². The molecule has 3 fully saturated rings. The van der Waals surface area contributed by atoms with Crippen molar-refractivity contribution in [3.05, 3.63) is 0 Å². The maximum atomic E-state index is 14.8. The lowest BCUT2D eigenvalue weighted by Gasteiger charge is -2.48. The van der Waals surface area contributed by atoms with Crippen molar-refractivity contribution in [1.82, 2.24) is 0 Å². The average Bonchev–Trinajstić information content (AvgIpc) is 2.80. The average molecular weight is 534 g/mol. The zero-order valence-corrected chi connectivity index (χ0v) is 16.6. The highest BCUT2D eigenvalue weighted by molar-refractivity contribution is 5.79. The molecule has 0 amide bonds. The van der Waals surface area contributed by atoms with Crippen LogP contribution in [0, 0.1) is 11.8 Å². The van der Waals surface area contributed by atoms with Crippen LogP contribution in [0.1, 0.15) is 26.7 Å². The lowest BCUT2D eigenvalue weighted by atomic mass is 9.71. The van der Waals surface area contributed by atoms with Gasteiger partial charge in [-0.05, 0) is 19.8 Å². The second-order valence-electron chi connectivity index (χ2n) is 8.66. The van der Waals surface area contributed by atoms with E-state index in [1.54, 1.807) is 0 Å². The van der Waals surface area contributed by atoms with Gasteiger partial charge in [0, 0.05) is 5.92 Å². The Labute approximate surface area is 179 Å². The molecule has 0 N–H and O–H groups in total. The van der Waals surface area contributed by atoms with E-state index in [1.165, 1.54) is 0 Å². The van der Waals surface area contributed by atoms with Crippen LogP contribution >= 0.6 is 0 Å². The second kappa shape index (κ2) is 6.40. The molecule has 0 saturated heterocycles. The van der Waals surface area contributed by atoms with E-state index in [4.69, 9.17) is 0 Å². The van der Waals surface area contributed by atoms with Gasteiger partial charge in [0.15, 0.2) is 12.0 Å². The summed E-state index contributed by atoms with van der Waals surface area (Å²) in [6, 6.07) is 0. The number of rotatable bonds is 3. The molecule has 198 valence electrons. The highest BCUT2D eigenvalue weighted by atomic mass is 19.3. The molecule has 34 heavy (non-hydrogen) atoms. The van der Waals surface area contributed by atoms with E-state index < -0.39 is 96.2 Å². The topological polar surface area (TPSA) is 26.3 Å². The van der Waals surface area contributed by atoms with Gasteiger partial charge in [-0.3, -0.25) is 4.79 Å². The normalized spacial score (nSPS) is 46.8. The quantitative estimate of drug-likeness (QED) is 0.332. The standard InChI is InChI=1S/C17H13F15O2/c1-3-5-4-6(12(22,23)9(2,18)11(5,20)21)34-8(33)7-10(19)15(27,28)14(26,13(7,24)25)17(31,32)16(10,29)30/h5-7H,3-4H2,1-2H3. The van der Waals surface area contributed by atoms with Gasteiger partial charge < -0.3 is 4.74 Å². The smallest absolute Gasteiger partial charge is 0.359 e. The van der Waals surface area contributed by atoms with Crippen LogP contribution in [0.3, 0.4) is 0 Å². The van der Waals surface area contributed by atoms with Gasteiger partial charge in [-0.25, -0.2) is 30.7 Å². The van der Waals surface area contributed by atoms with Crippen LogP contribution in [0.5, 0.6) is 0 Å². The van der Waals surface area contributed by atoms with E-state index in [2.05, 4.69) is 4.74 Å². The predicted octanol–water partition coefficient (Wildman–Crippen LogP) is 5.93. The summed E-state index contributed by atoms with van der Waals surface area (Å²) in [6.07, 6.45) is -6.13. The SMILES string of the molecule is CCC1CC(OC(=O)C2C(F)(F)C3(F)C(F)(F)C(F)(F)C2(F)C3(F)F)C(F)(F)C(C)(F)C1(F)F. The summed E-state index contributed by atoms with van der Waals surface area (Å²) in [5.74, 6) is -49.1. The zero-order chi connectivity index (χ0) is 26.9. The molecule has 0 aliphatic heterocycles. The lowest BCUT2D eigenvalue weighted by Crippen LogP contribution is -2.71. The van der Waals surface area contributed by atoms with E-state index in [1.807, 2.05) is 0 Å². The van der Waals surface area contributed by atoms with Crippen LogP contribution < -0.4 is 0 Å². The molecule has 3 aliphatic carbocycles. The number of esters is 1. The van der Waals surface area contributed by atoms with Crippen molar-refractivity contribution in [2.75, 3.05) is 0 Å². The molecule has 0 heterocycles. The number of alkyl halides is 15. The second-order valence-corrected chi connectivity index (χ2v) is 8.66. The third kappa shape index (κ3) is 2.24. The maximum absolute atomic E-state index is 14.8. The highest BCUT2D eigenvalue weighted by Crippen LogP contribution is 2.81. The van der Waals surface area contributed by atoms with Gasteiger partial charge in [0.2, 0.25) is 5.67 Å². The van der Waals surface area contributed by atoms with Gasteiger partial charge in [-0.2, -0.15) is 35.1 Å². The third-order valence-electron chi connectivity index (χ3n) is 7.05. The summed E-state index contributed by atoms with van der Waals surface area (Å²) in [6.45, 7) is 0.505. The minimum absolute atomic E-state index is 0.391. The van der Waals surface area contributed by atoms with Gasteiger partial charge in [0.1, 0.15) is 0 Å². The van der Waals surface area contributed by atoms with Gasteiger partial charge in [0.25, 0.3) is 11.6 Å². The maximum Gasteiger partial charge on any atom is 0.359 e. The van der Waals surface area contributed by atoms with Crippen LogP contribution in [-0.4, -0.2) is 64.6 Å². The number of ether oxygens (including phenoxy) is 1. The van der Waals surface area contributed by atoms with E-state index in [0.717, 1.165) is 6.92 Å². The fourth-order valence-electron chi connectivity index (χ4n) is 4.85. The Kier molecular flexibility index (Phi) is 5.08. The molecule has 0 aromatic carbocycles. The number of hydrogen-bond donors (Lipinski definition) is 0. The summed E-state index contributed by atoms with van der Waals surface area (Å²) in [4.78, 5) is 12.0. The molecule has 6 unspecified atom stereocenters. The van der Waals surface area contributed by atoms with E-state index in [-0.39, 0.29) is 0 Å². The first-order chi connectivity index (χ1) is 14.8. The van der Waals surface area contributed by atoms with Gasteiger partial charge in [-0.15, -0.1) is 0 Å². The fraction of sp³-hybridized carbons (Fsp3) is 0.941. The Morgan fingerprint density at radius 3 is 1.62 bits per heavy atom. The first kappa shape index (κ1) is 27.0. The Morgan fingerprint density at radius 1 is 0.735 bits per heavy atom. The van der Waals surface area contributed by atoms with Crippen molar-refractivity contribution in [3.8, 4) is 0 Å². The molecular weight excluding hydrogens is 521 g/mol. The van der Waals surface area contributed by atoms with Crippen molar-refractivity contribution in [1.29, 1.82) is 0 Å². The zero-order valence-electron chi connectivity index (χ0n) is 16.6. The summed E-state index contributed by atoms with van der Waals surface area (Å²) < 4.78 is 216. The molecule has 0 aromatic heterocycles. The summed E-state index contributed by atoms with van der Waals surface area (Å²) in [5.41, 5.74) is -18.6. The Hall–Kier alpha value is -1.58. The molecule has 0 radical (unpaired) electrons. The van der Waals surface area contributed by atoms with Crippen molar-refractivity contribution >= 4 is 5.97 Å². The van der Waals surface area contributed by atoms with Crippen LogP contribution in [0.4, 0.5) is 65.9 Å². The minimum Gasteiger partial charge on any atom is -0.455 e. The summed E-state index contributed by atoms with van der Waals surface area (Å²) >= 11 is 0. The molecule has 0 spiro atoms. The lowest BCUT2D eigenvalue weighted by molar-refractivity contribution is -0.353. The first-order valence-electron chi connectivity index (χ1n) is 9.35. The summed E-state index contributed by atoms with van der Waals surface area (Å²) in [7, 11) is 0.